The van der Waals surface area contributed by atoms with Crippen LogP contribution < -0.4 is 5.73 Å². The Morgan fingerprint density at radius 3 is 2.50 bits per heavy atom. The maximum absolute atomic E-state index is 12.7. The number of carboxylic acids is 1. The zero-order chi connectivity index (χ0) is 13.5. The number of nitrogens with two attached hydrogens (primary N) is 1. The third-order valence-corrected chi connectivity index (χ3v) is 2.24. The Morgan fingerprint density at radius 1 is 1.28 bits per heavy atom. The first-order valence-corrected chi connectivity index (χ1v) is 4.67. The van der Waals surface area contributed by atoms with E-state index in [4.69, 9.17) is 10.8 Å². The van der Waals surface area contributed by atoms with Crippen LogP contribution in [0.15, 0.2) is 18.2 Å². The minimum absolute atomic E-state index is 0.329. The van der Waals surface area contributed by atoms with Gasteiger partial charge in [-0.2, -0.15) is 13.2 Å². The van der Waals surface area contributed by atoms with Gasteiger partial charge in [-0.05, 0) is 6.07 Å². The third-order valence-electron chi connectivity index (χ3n) is 2.24. The Balaban J connectivity index is 2.91. The average molecular weight is 257 g/mol. The molecule has 0 atom stereocenters. The van der Waals surface area contributed by atoms with E-state index in [2.05, 4.69) is 9.97 Å². The number of benzene rings is 1. The van der Waals surface area contributed by atoms with Gasteiger partial charge in [0.15, 0.2) is 5.69 Å². The van der Waals surface area contributed by atoms with Gasteiger partial charge < -0.3 is 10.8 Å². The number of nitrogens with zero attached hydrogens (tertiary/aromatic N) is 2. The summed E-state index contributed by atoms with van der Waals surface area (Å²) in [4.78, 5) is 17.6. The molecule has 0 saturated carbocycles. The molecule has 0 aliphatic rings. The van der Waals surface area contributed by atoms with E-state index < -0.39 is 29.2 Å². The molecule has 2 rings (SSSR count). The number of hydrogen-bond donors (Lipinski definition) is 2. The standard InChI is InChI=1S/C10H6F3N3O2/c11-10(12,13)7-4-2-1-3-5(8(17)18)6(4)15-9(14)16-7/h1-3H,(H,17,18)(H2,14,15,16). The molecule has 18 heavy (non-hydrogen) atoms. The van der Waals surface area contributed by atoms with Gasteiger partial charge in [-0.15, -0.1) is 0 Å². The Morgan fingerprint density at radius 2 is 1.94 bits per heavy atom. The van der Waals surface area contributed by atoms with Gasteiger partial charge in [0, 0.05) is 5.39 Å². The summed E-state index contributed by atoms with van der Waals surface area (Å²) in [7, 11) is 0. The highest BCUT2D eigenvalue weighted by Crippen LogP contribution is 2.34. The van der Waals surface area contributed by atoms with Crippen molar-refractivity contribution in [1.29, 1.82) is 0 Å². The molecule has 0 amide bonds. The van der Waals surface area contributed by atoms with Gasteiger partial charge in [-0.3, -0.25) is 0 Å². The van der Waals surface area contributed by atoms with Crippen molar-refractivity contribution in [2.45, 2.75) is 6.18 Å². The lowest BCUT2D eigenvalue weighted by Gasteiger charge is -2.10. The maximum Gasteiger partial charge on any atom is 0.434 e. The summed E-state index contributed by atoms with van der Waals surface area (Å²) in [6.07, 6.45) is -4.73. The second kappa shape index (κ2) is 3.83. The fourth-order valence-corrected chi connectivity index (χ4v) is 1.56. The van der Waals surface area contributed by atoms with Gasteiger partial charge in [-0.1, -0.05) is 12.1 Å². The summed E-state index contributed by atoms with van der Waals surface area (Å²) >= 11 is 0. The van der Waals surface area contributed by atoms with Crippen LogP contribution in [0.1, 0.15) is 16.1 Å². The van der Waals surface area contributed by atoms with Gasteiger partial charge in [0.25, 0.3) is 0 Å². The quantitative estimate of drug-likeness (QED) is 0.814. The van der Waals surface area contributed by atoms with E-state index >= 15 is 0 Å². The molecule has 1 heterocycles. The van der Waals surface area contributed by atoms with E-state index in [1.165, 1.54) is 6.07 Å². The van der Waals surface area contributed by atoms with Crippen LogP contribution in [0.5, 0.6) is 0 Å². The van der Waals surface area contributed by atoms with Crippen LogP contribution in [0.3, 0.4) is 0 Å². The van der Waals surface area contributed by atoms with Crippen molar-refractivity contribution in [3.63, 3.8) is 0 Å². The number of rotatable bonds is 1. The number of alkyl halides is 3. The van der Waals surface area contributed by atoms with E-state index in [9.17, 15) is 18.0 Å². The van der Waals surface area contributed by atoms with Crippen LogP contribution in [-0.4, -0.2) is 21.0 Å². The molecule has 0 unspecified atom stereocenters. The molecule has 0 saturated heterocycles. The number of carboxylic acid groups (broad SMARTS) is 1. The van der Waals surface area contributed by atoms with Crippen molar-refractivity contribution in [3.05, 3.63) is 29.5 Å². The van der Waals surface area contributed by atoms with Gasteiger partial charge in [-0.25, -0.2) is 14.8 Å². The lowest BCUT2D eigenvalue weighted by molar-refractivity contribution is -0.139. The number of aromatic carboxylic acids is 1. The van der Waals surface area contributed by atoms with Gasteiger partial charge in [0.05, 0.1) is 11.1 Å². The van der Waals surface area contributed by atoms with Crippen LogP contribution in [0.25, 0.3) is 10.9 Å². The zero-order valence-corrected chi connectivity index (χ0v) is 8.69. The number of halogens is 3. The van der Waals surface area contributed by atoms with Crippen LogP contribution in [0.4, 0.5) is 19.1 Å². The van der Waals surface area contributed by atoms with Crippen molar-refractivity contribution in [1.82, 2.24) is 9.97 Å². The second-order valence-corrected chi connectivity index (χ2v) is 3.44. The molecule has 0 bridgehead atoms. The molecule has 0 fully saturated rings. The van der Waals surface area contributed by atoms with Crippen molar-refractivity contribution in [3.8, 4) is 0 Å². The highest BCUT2D eigenvalue weighted by Gasteiger charge is 2.36. The first-order valence-electron chi connectivity index (χ1n) is 4.67. The fraction of sp³-hybridized carbons (Fsp3) is 0.100. The first-order chi connectivity index (χ1) is 8.30. The molecule has 0 spiro atoms. The predicted molar refractivity (Wildman–Crippen MR) is 55.9 cm³/mol. The van der Waals surface area contributed by atoms with Crippen molar-refractivity contribution in [2.24, 2.45) is 0 Å². The topological polar surface area (TPSA) is 89.1 Å². The Kier molecular flexibility index (Phi) is 2.57. The molecule has 1 aromatic heterocycles. The minimum atomic E-state index is -4.73. The van der Waals surface area contributed by atoms with Crippen LogP contribution in [0.2, 0.25) is 0 Å². The maximum atomic E-state index is 12.7. The minimum Gasteiger partial charge on any atom is -0.478 e. The van der Waals surface area contributed by atoms with E-state index in [-0.39, 0.29) is 11.1 Å². The third kappa shape index (κ3) is 1.92. The molecule has 2 aromatic rings. The van der Waals surface area contributed by atoms with Crippen molar-refractivity contribution < 1.29 is 23.1 Å². The zero-order valence-electron chi connectivity index (χ0n) is 8.69. The molecule has 5 nitrogen and oxygen atoms in total. The molecular formula is C10H6F3N3O2. The number of nitrogen functional groups attached to an aromatic ring is 1. The second-order valence-electron chi connectivity index (χ2n) is 3.44. The summed E-state index contributed by atoms with van der Waals surface area (Å²) < 4.78 is 38.2. The summed E-state index contributed by atoms with van der Waals surface area (Å²) in [5.41, 5.74) is 3.25. The molecule has 0 aliphatic heterocycles. The number of fused-ring (bicyclic) bond motifs is 1. The lowest BCUT2D eigenvalue weighted by Crippen LogP contribution is -2.13. The van der Waals surface area contributed by atoms with Crippen LogP contribution in [0, 0.1) is 0 Å². The molecule has 8 heteroatoms. The van der Waals surface area contributed by atoms with Crippen molar-refractivity contribution in [2.75, 3.05) is 5.73 Å². The number of hydrogen-bond acceptors (Lipinski definition) is 4. The van der Waals surface area contributed by atoms with Crippen LogP contribution >= 0.6 is 0 Å². The van der Waals surface area contributed by atoms with Gasteiger partial charge >= 0.3 is 12.1 Å². The highest BCUT2D eigenvalue weighted by molar-refractivity contribution is 6.02. The molecular weight excluding hydrogens is 251 g/mol. The largest absolute Gasteiger partial charge is 0.478 e. The lowest BCUT2D eigenvalue weighted by atomic mass is 10.1. The number of aromatic nitrogens is 2. The first kappa shape index (κ1) is 12.1. The summed E-state index contributed by atoms with van der Waals surface area (Å²) in [5, 5.41) is 8.49. The highest BCUT2D eigenvalue weighted by atomic mass is 19.4. The Bertz CT molecular complexity index is 640. The monoisotopic (exact) mass is 257 g/mol. The molecule has 0 radical (unpaired) electrons. The van der Waals surface area contributed by atoms with Crippen LogP contribution in [-0.2, 0) is 6.18 Å². The van der Waals surface area contributed by atoms with E-state index in [0.29, 0.717) is 0 Å². The summed E-state index contributed by atoms with van der Waals surface area (Å²) in [6, 6.07) is 3.45. The summed E-state index contributed by atoms with van der Waals surface area (Å²) in [5.74, 6) is -2.00. The SMILES string of the molecule is Nc1nc(C(F)(F)F)c2cccc(C(=O)O)c2n1. The Labute approximate surface area is 98.1 Å². The molecule has 1 aromatic carbocycles. The average Bonchev–Trinajstić information content (AvgIpc) is 2.25. The summed E-state index contributed by atoms with van der Waals surface area (Å²) in [6.45, 7) is 0. The van der Waals surface area contributed by atoms with Gasteiger partial charge in [0.2, 0.25) is 5.95 Å². The van der Waals surface area contributed by atoms with E-state index in [1.54, 1.807) is 0 Å². The molecule has 0 aliphatic carbocycles. The number of anilines is 1. The van der Waals surface area contributed by atoms with E-state index in [1.807, 2.05) is 0 Å². The Hall–Kier alpha value is -2.38. The molecule has 3 N–H and O–H groups in total. The van der Waals surface area contributed by atoms with E-state index in [0.717, 1.165) is 12.1 Å². The normalized spacial score (nSPS) is 11.7. The number of para-hydroxylation sites is 1. The fourth-order valence-electron chi connectivity index (χ4n) is 1.56. The van der Waals surface area contributed by atoms with Gasteiger partial charge in [0.1, 0.15) is 0 Å². The number of carbonyl (C=O) groups is 1. The predicted octanol–water partition coefficient (Wildman–Crippen LogP) is 1.93. The smallest absolute Gasteiger partial charge is 0.434 e. The van der Waals surface area contributed by atoms with Crippen molar-refractivity contribution >= 4 is 22.8 Å². The molecule has 94 valence electrons.